The van der Waals surface area contributed by atoms with Crippen molar-refractivity contribution in [1.82, 2.24) is 5.32 Å². The Morgan fingerprint density at radius 1 is 1.60 bits per heavy atom. The molecule has 0 fully saturated rings. The van der Waals surface area contributed by atoms with Gasteiger partial charge in [-0.1, -0.05) is 0 Å². The number of nitrogens with one attached hydrogen (secondary N) is 1. The largest absolute Gasteiger partial charge is 0.398 e. The molecule has 0 heterocycles. The topological polar surface area (TPSA) is 75.6 Å². The Morgan fingerprint density at radius 3 is 2.60 bits per heavy atom. The third-order valence-corrected chi connectivity index (χ3v) is 1.24. The molecule has 0 aromatic heterocycles. The molecule has 5 nitrogen and oxygen atoms in total. The van der Waals surface area contributed by atoms with Crippen molar-refractivity contribution in [3.05, 3.63) is 0 Å². The summed E-state index contributed by atoms with van der Waals surface area (Å²) in [4.78, 5) is 0. The highest BCUT2D eigenvalue weighted by atomic mass is 32.3. The third-order valence-electron chi connectivity index (χ3n) is 0.598. The van der Waals surface area contributed by atoms with Crippen LogP contribution in [0.5, 0.6) is 0 Å². The molecule has 0 unspecified atom stereocenters. The molecular weight excluding hydrogens is 178 g/mol. The Labute approximate surface area is 65.1 Å². The summed E-state index contributed by atoms with van der Waals surface area (Å²) in [6, 6.07) is 0. The molecule has 0 atom stereocenters. The fourth-order valence-electron chi connectivity index (χ4n) is 0.267. The maximum absolute atomic E-state index is 9.87. The smallest absolute Gasteiger partial charge is 0.293 e. The minimum absolute atomic E-state index is 0.223. The lowest BCUT2D eigenvalue weighted by molar-refractivity contribution is 0.249. The van der Waals surface area contributed by atoms with Crippen molar-refractivity contribution >= 4 is 23.0 Å². The lowest BCUT2D eigenvalue weighted by Gasteiger charge is -1.99. The van der Waals surface area contributed by atoms with E-state index < -0.39 is 10.4 Å². The summed E-state index contributed by atoms with van der Waals surface area (Å²) in [7, 11) is -4.29. The van der Waals surface area contributed by atoms with Gasteiger partial charge in [-0.25, -0.2) is 4.18 Å². The summed E-state index contributed by atoms with van der Waals surface area (Å²) < 4.78 is 31.7. The molecule has 0 aromatic rings. The van der Waals surface area contributed by atoms with E-state index in [0.717, 1.165) is 0 Å². The van der Waals surface area contributed by atoms with E-state index >= 15 is 0 Å². The van der Waals surface area contributed by atoms with E-state index in [4.69, 9.17) is 4.55 Å². The zero-order chi connectivity index (χ0) is 8.04. The van der Waals surface area contributed by atoms with Crippen LogP contribution in [0.15, 0.2) is 0 Å². The van der Waals surface area contributed by atoms with Crippen LogP contribution >= 0.6 is 12.6 Å². The monoisotopic (exact) mass is 187 g/mol. The molecule has 7 heteroatoms. The fourth-order valence-corrected chi connectivity index (χ4v) is 0.658. The fraction of sp³-hybridized carbons (Fsp3) is 1.00. The van der Waals surface area contributed by atoms with E-state index in [9.17, 15) is 8.42 Å². The number of hydrogen-bond donors (Lipinski definition) is 3. The maximum Gasteiger partial charge on any atom is 0.398 e. The van der Waals surface area contributed by atoms with Gasteiger partial charge in [-0.05, 0) is 0 Å². The average molecular weight is 187 g/mol. The second-order valence-electron chi connectivity index (χ2n) is 1.41. The van der Waals surface area contributed by atoms with Crippen LogP contribution in [0.25, 0.3) is 0 Å². The van der Waals surface area contributed by atoms with Gasteiger partial charge < -0.3 is 0 Å². The molecule has 0 rings (SSSR count). The summed E-state index contributed by atoms with van der Waals surface area (Å²) in [6.45, 7) is 0.304. The molecule has 0 saturated carbocycles. The lowest BCUT2D eigenvalue weighted by Crippen LogP contribution is -2.22. The lowest BCUT2D eigenvalue weighted by atomic mass is 10.8. The Bertz CT molecular complexity index is 165. The van der Waals surface area contributed by atoms with Crippen LogP contribution in [0.1, 0.15) is 0 Å². The van der Waals surface area contributed by atoms with E-state index in [1.54, 1.807) is 0 Å². The molecule has 0 spiro atoms. The molecule has 0 amide bonds. The van der Waals surface area contributed by atoms with Crippen LogP contribution in [-0.4, -0.2) is 32.0 Å². The van der Waals surface area contributed by atoms with Crippen molar-refractivity contribution in [3.8, 4) is 0 Å². The van der Waals surface area contributed by atoms with Crippen LogP contribution in [0.4, 0.5) is 0 Å². The van der Waals surface area contributed by atoms with Crippen molar-refractivity contribution in [2.45, 2.75) is 0 Å². The van der Waals surface area contributed by atoms with Crippen LogP contribution in [0.2, 0.25) is 0 Å². The van der Waals surface area contributed by atoms with Crippen molar-refractivity contribution in [3.63, 3.8) is 0 Å². The van der Waals surface area contributed by atoms with Crippen LogP contribution in [0, 0.1) is 0 Å². The van der Waals surface area contributed by atoms with E-state index in [0.29, 0.717) is 12.3 Å². The highest BCUT2D eigenvalue weighted by Gasteiger charge is 2.01. The minimum Gasteiger partial charge on any atom is -0.293 e. The standard InChI is InChI=1S/C3H9NO4S2/c5-10(6,7)8-3-4-1-2-9/h4,9H,1-3H2,(H,5,6,7). The van der Waals surface area contributed by atoms with E-state index in [2.05, 4.69) is 22.1 Å². The average Bonchev–Trinajstić information content (AvgIpc) is 1.78. The molecule has 0 aliphatic rings. The molecule has 0 bridgehead atoms. The minimum atomic E-state index is -4.29. The van der Waals surface area contributed by atoms with Gasteiger partial charge in [0.2, 0.25) is 0 Å². The zero-order valence-electron chi connectivity index (χ0n) is 5.15. The molecule has 10 heavy (non-hydrogen) atoms. The molecular formula is C3H9NO4S2. The van der Waals surface area contributed by atoms with Crippen molar-refractivity contribution in [2.75, 3.05) is 19.0 Å². The Hall–Kier alpha value is 0.180. The molecule has 0 aromatic carbocycles. The zero-order valence-corrected chi connectivity index (χ0v) is 6.86. The SMILES string of the molecule is O=S(=O)(O)OCNCCS. The first-order chi connectivity index (χ1) is 4.56. The second-order valence-corrected chi connectivity index (χ2v) is 2.95. The number of thiol groups is 1. The molecule has 0 aliphatic heterocycles. The summed E-state index contributed by atoms with van der Waals surface area (Å²) in [5.74, 6) is 0.578. The van der Waals surface area contributed by atoms with Crippen LogP contribution in [0.3, 0.4) is 0 Å². The highest BCUT2D eigenvalue weighted by Crippen LogP contribution is 1.81. The molecule has 2 N–H and O–H groups in total. The normalized spacial score (nSPS) is 11.8. The Balaban J connectivity index is 3.21. The predicted octanol–water partition coefficient (Wildman–Crippen LogP) is -0.717. The van der Waals surface area contributed by atoms with Crippen LogP contribution < -0.4 is 5.32 Å². The first-order valence-corrected chi connectivity index (χ1v) is 4.49. The van der Waals surface area contributed by atoms with Gasteiger partial charge in [0.05, 0.1) is 0 Å². The van der Waals surface area contributed by atoms with E-state index in [1.165, 1.54) is 0 Å². The molecule has 62 valence electrons. The summed E-state index contributed by atoms with van der Waals surface area (Å²) in [6.07, 6.45) is 0. The summed E-state index contributed by atoms with van der Waals surface area (Å²) in [5, 5.41) is 2.55. The summed E-state index contributed by atoms with van der Waals surface area (Å²) >= 11 is 3.84. The van der Waals surface area contributed by atoms with Gasteiger partial charge in [-0.2, -0.15) is 21.0 Å². The second kappa shape index (κ2) is 4.91. The van der Waals surface area contributed by atoms with Gasteiger partial charge in [-0.3, -0.25) is 9.87 Å². The molecule has 0 saturated heterocycles. The van der Waals surface area contributed by atoms with Gasteiger partial charge in [0.15, 0.2) is 0 Å². The quantitative estimate of drug-likeness (QED) is 0.229. The van der Waals surface area contributed by atoms with Gasteiger partial charge in [0, 0.05) is 12.3 Å². The highest BCUT2D eigenvalue weighted by molar-refractivity contribution is 7.80. The van der Waals surface area contributed by atoms with Crippen molar-refractivity contribution < 1.29 is 17.2 Å². The third kappa shape index (κ3) is 8.18. The number of rotatable bonds is 5. The predicted molar refractivity (Wildman–Crippen MR) is 39.4 cm³/mol. The van der Waals surface area contributed by atoms with Gasteiger partial charge in [0.1, 0.15) is 6.73 Å². The van der Waals surface area contributed by atoms with Crippen LogP contribution in [-0.2, 0) is 14.6 Å². The van der Waals surface area contributed by atoms with Gasteiger partial charge >= 0.3 is 10.4 Å². The van der Waals surface area contributed by atoms with E-state index in [-0.39, 0.29) is 6.73 Å². The maximum atomic E-state index is 9.87. The van der Waals surface area contributed by atoms with Crippen molar-refractivity contribution in [2.24, 2.45) is 0 Å². The molecule has 0 radical (unpaired) electrons. The van der Waals surface area contributed by atoms with E-state index in [1.807, 2.05) is 0 Å². The van der Waals surface area contributed by atoms with Crippen molar-refractivity contribution in [1.29, 1.82) is 0 Å². The first-order valence-electron chi connectivity index (χ1n) is 2.49. The van der Waals surface area contributed by atoms with Gasteiger partial charge in [0.25, 0.3) is 0 Å². The molecule has 0 aliphatic carbocycles. The Kier molecular flexibility index (Phi) is 5.00. The Morgan fingerprint density at radius 2 is 2.20 bits per heavy atom. The number of hydrogen-bond acceptors (Lipinski definition) is 5. The van der Waals surface area contributed by atoms with Gasteiger partial charge in [-0.15, -0.1) is 0 Å². The first kappa shape index (κ1) is 10.2. The summed E-state index contributed by atoms with van der Waals surface area (Å²) in [5.41, 5.74) is 0.